The third-order valence-corrected chi connectivity index (χ3v) is 3.02. The van der Waals surface area contributed by atoms with Crippen molar-refractivity contribution in [3.05, 3.63) is 35.4 Å². The maximum Gasteiger partial charge on any atom is 0.130 e. The molecule has 0 aliphatic carbocycles. The van der Waals surface area contributed by atoms with Gasteiger partial charge in [-0.05, 0) is 38.1 Å². The van der Waals surface area contributed by atoms with E-state index in [4.69, 9.17) is 5.73 Å². The third kappa shape index (κ3) is 2.39. The minimum absolute atomic E-state index is 0.00870. The van der Waals surface area contributed by atoms with Crippen LogP contribution in [0.4, 0.5) is 8.78 Å². The first-order valence-electron chi connectivity index (χ1n) is 5.60. The first-order chi connectivity index (χ1) is 7.68. The maximum absolute atomic E-state index is 13.4. The van der Waals surface area contributed by atoms with Crippen LogP contribution in [-0.4, -0.2) is 24.5 Å². The molecule has 0 radical (unpaired) electrons. The molecule has 0 amide bonds. The second-order valence-electron chi connectivity index (χ2n) is 4.25. The molecule has 1 unspecified atom stereocenters. The first-order valence-corrected chi connectivity index (χ1v) is 5.60. The molecule has 1 fully saturated rings. The molecule has 1 heterocycles. The molecule has 2 rings (SSSR count). The van der Waals surface area contributed by atoms with Crippen molar-refractivity contribution in [3.8, 4) is 0 Å². The summed E-state index contributed by atoms with van der Waals surface area (Å²) < 4.78 is 26.9. The summed E-state index contributed by atoms with van der Waals surface area (Å²) in [6.45, 7) is 2.48. The second-order valence-corrected chi connectivity index (χ2v) is 4.25. The highest BCUT2D eigenvalue weighted by Gasteiger charge is 2.20. The Hall–Kier alpha value is -1.00. The van der Waals surface area contributed by atoms with E-state index in [0.29, 0.717) is 6.54 Å². The number of halogens is 2. The molecular formula is C12H16F2N2. The zero-order valence-electron chi connectivity index (χ0n) is 9.13. The van der Waals surface area contributed by atoms with Gasteiger partial charge in [0.1, 0.15) is 11.6 Å². The van der Waals surface area contributed by atoms with Crippen molar-refractivity contribution in [3.63, 3.8) is 0 Å². The van der Waals surface area contributed by atoms with Crippen LogP contribution in [0, 0.1) is 11.6 Å². The van der Waals surface area contributed by atoms with Gasteiger partial charge < -0.3 is 10.6 Å². The van der Waals surface area contributed by atoms with Crippen molar-refractivity contribution in [2.45, 2.75) is 18.9 Å². The van der Waals surface area contributed by atoms with Gasteiger partial charge in [0.05, 0.1) is 0 Å². The largest absolute Gasteiger partial charge is 0.323 e. The molecule has 0 saturated carbocycles. The van der Waals surface area contributed by atoms with Gasteiger partial charge in [0.15, 0.2) is 0 Å². The quantitative estimate of drug-likeness (QED) is 0.854. The Morgan fingerprint density at radius 3 is 2.31 bits per heavy atom. The van der Waals surface area contributed by atoms with Gasteiger partial charge in [-0.1, -0.05) is 6.07 Å². The summed E-state index contributed by atoms with van der Waals surface area (Å²) in [4.78, 5) is 2.15. The van der Waals surface area contributed by atoms with E-state index in [9.17, 15) is 8.78 Å². The third-order valence-electron chi connectivity index (χ3n) is 3.02. The molecular weight excluding hydrogens is 210 g/mol. The fourth-order valence-corrected chi connectivity index (χ4v) is 2.20. The van der Waals surface area contributed by atoms with Crippen molar-refractivity contribution in [2.24, 2.45) is 5.73 Å². The Morgan fingerprint density at radius 2 is 1.75 bits per heavy atom. The van der Waals surface area contributed by atoms with E-state index in [1.807, 2.05) is 0 Å². The topological polar surface area (TPSA) is 29.3 Å². The Balaban J connectivity index is 2.10. The van der Waals surface area contributed by atoms with Crippen molar-refractivity contribution in [2.75, 3.05) is 19.6 Å². The molecule has 0 bridgehead atoms. The lowest BCUT2D eigenvalue weighted by molar-refractivity contribution is 0.309. The van der Waals surface area contributed by atoms with Crippen LogP contribution in [0.15, 0.2) is 18.2 Å². The Bertz CT molecular complexity index is 342. The zero-order valence-corrected chi connectivity index (χ0v) is 9.13. The van der Waals surface area contributed by atoms with Crippen LogP contribution >= 0.6 is 0 Å². The molecule has 1 atom stereocenters. The minimum Gasteiger partial charge on any atom is -0.323 e. The lowest BCUT2D eigenvalue weighted by atomic mass is 10.1. The molecule has 1 aromatic carbocycles. The summed E-state index contributed by atoms with van der Waals surface area (Å²) >= 11 is 0. The van der Waals surface area contributed by atoms with Gasteiger partial charge in [-0.3, -0.25) is 0 Å². The molecule has 1 aliphatic heterocycles. The zero-order chi connectivity index (χ0) is 11.5. The van der Waals surface area contributed by atoms with Gasteiger partial charge in [0.2, 0.25) is 0 Å². The fraction of sp³-hybridized carbons (Fsp3) is 0.500. The lowest BCUT2D eigenvalue weighted by Gasteiger charge is -2.21. The molecule has 16 heavy (non-hydrogen) atoms. The SMILES string of the molecule is NC(CN1CCCC1)c1c(F)cccc1F. The van der Waals surface area contributed by atoms with Crippen LogP contribution in [-0.2, 0) is 0 Å². The number of likely N-dealkylation sites (tertiary alicyclic amines) is 1. The van der Waals surface area contributed by atoms with Crippen molar-refractivity contribution < 1.29 is 8.78 Å². The van der Waals surface area contributed by atoms with Crippen molar-refractivity contribution >= 4 is 0 Å². The molecule has 1 saturated heterocycles. The van der Waals surface area contributed by atoms with E-state index in [1.165, 1.54) is 18.2 Å². The molecule has 1 aliphatic rings. The second kappa shape index (κ2) is 4.89. The van der Waals surface area contributed by atoms with Crippen LogP contribution in [0.25, 0.3) is 0 Å². The molecule has 2 nitrogen and oxygen atoms in total. The van der Waals surface area contributed by atoms with Crippen LogP contribution in [0.1, 0.15) is 24.4 Å². The van der Waals surface area contributed by atoms with Crippen LogP contribution in [0.5, 0.6) is 0 Å². The molecule has 1 aromatic rings. The lowest BCUT2D eigenvalue weighted by Crippen LogP contribution is -2.31. The van der Waals surface area contributed by atoms with Gasteiger partial charge in [-0.15, -0.1) is 0 Å². The highest BCUT2D eigenvalue weighted by Crippen LogP contribution is 2.21. The van der Waals surface area contributed by atoms with E-state index >= 15 is 0 Å². The minimum atomic E-state index is -0.584. The van der Waals surface area contributed by atoms with Crippen molar-refractivity contribution in [1.82, 2.24) is 4.90 Å². The molecule has 2 N–H and O–H groups in total. The smallest absolute Gasteiger partial charge is 0.130 e. The molecule has 4 heteroatoms. The molecule has 0 aromatic heterocycles. The van der Waals surface area contributed by atoms with E-state index < -0.39 is 17.7 Å². The van der Waals surface area contributed by atoms with Gasteiger partial charge in [-0.2, -0.15) is 0 Å². The Morgan fingerprint density at radius 1 is 1.19 bits per heavy atom. The first kappa shape index (κ1) is 11.5. The number of benzene rings is 1. The van der Waals surface area contributed by atoms with E-state index in [0.717, 1.165) is 25.9 Å². The number of nitrogens with two attached hydrogens (primary N) is 1. The van der Waals surface area contributed by atoms with E-state index in [-0.39, 0.29) is 5.56 Å². The molecule has 88 valence electrons. The average molecular weight is 226 g/mol. The van der Waals surface area contributed by atoms with Crippen LogP contribution in [0.2, 0.25) is 0 Å². The summed E-state index contributed by atoms with van der Waals surface area (Å²) in [5, 5.41) is 0. The summed E-state index contributed by atoms with van der Waals surface area (Å²) in [6, 6.07) is 3.28. The van der Waals surface area contributed by atoms with E-state index in [2.05, 4.69) is 4.90 Å². The highest BCUT2D eigenvalue weighted by molar-refractivity contribution is 5.23. The predicted octanol–water partition coefficient (Wildman–Crippen LogP) is 2.06. The van der Waals surface area contributed by atoms with Crippen LogP contribution in [0.3, 0.4) is 0 Å². The van der Waals surface area contributed by atoms with Gasteiger partial charge in [0.25, 0.3) is 0 Å². The number of nitrogens with zero attached hydrogens (tertiary/aromatic N) is 1. The summed E-state index contributed by atoms with van der Waals surface area (Å²) in [5.41, 5.74) is 5.86. The monoisotopic (exact) mass is 226 g/mol. The van der Waals surface area contributed by atoms with Gasteiger partial charge in [0, 0.05) is 18.2 Å². The number of rotatable bonds is 3. The number of hydrogen-bond donors (Lipinski definition) is 1. The van der Waals surface area contributed by atoms with Crippen LogP contribution < -0.4 is 5.73 Å². The number of hydrogen-bond acceptors (Lipinski definition) is 2. The standard InChI is InChI=1S/C12H16F2N2/c13-9-4-3-5-10(14)12(9)11(15)8-16-6-1-2-7-16/h3-5,11H,1-2,6-8,15H2. The maximum atomic E-state index is 13.4. The summed E-state index contributed by atoms with van der Waals surface area (Å²) in [5.74, 6) is -1.10. The van der Waals surface area contributed by atoms with Crippen molar-refractivity contribution in [1.29, 1.82) is 0 Å². The van der Waals surface area contributed by atoms with E-state index in [1.54, 1.807) is 0 Å². The summed E-state index contributed by atoms with van der Waals surface area (Å²) in [6.07, 6.45) is 2.29. The Labute approximate surface area is 94.0 Å². The predicted molar refractivity (Wildman–Crippen MR) is 59.0 cm³/mol. The summed E-state index contributed by atoms with van der Waals surface area (Å²) in [7, 11) is 0. The normalized spacial score (nSPS) is 18.9. The fourth-order valence-electron chi connectivity index (χ4n) is 2.20. The highest BCUT2D eigenvalue weighted by atomic mass is 19.1. The van der Waals surface area contributed by atoms with Gasteiger partial charge >= 0.3 is 0 Å². The molecule has 0 spiro atoms. The average Bonchev–Trinajstić information content (AvgIpc) is 2.70. The van der Waals surface area contributed by atoms with Gasteiger partial charge in [-0.25, -0.2) is 8.78 Å². The Kier molecular flexibility index (Phi) is 3.51.